The molecular weight excluding hydrogens is 228 g/mol. The quantitative estimate of drug-likeness (QED) is 0.747. The lowest BCUT2D eigenvalue weighted by Crippen LogP contribution is -2.31. The molecule has 1 saturated carbocycles. The van der Waals surface area contributed by atoms with Gasteiger partial charge in [0.15, 0.2) is 0 Å². The van der Waals surface area contributed by atoms with Crippen molar-refractivity contribution in [1.82, 2.24) is 4.90 Å². The van der Waals surface area contributed by atoms with Crippen LogP contribution in [0.5, 0.6) is 0 Å². The van der Waals surface area contributed by atoms with Crippen molar-refractivity contribution in [2.24, 2.45) is 22.9 Å². The van der Waals surface area contributed by atoms with Crippen molar-refractivity contribution in [1.29, 1.82) is 0 Å². The number of nitrogens with zero attached hydrogens (tertiary/aromatic N) is 1. The third-order valence-corrected chi connectivity index (χ3v) is 4.35. The number of rotatable bonds is 3. The molecule has 2 N–H and O–H groups in total. The summed E-state index contributed by atoms with van der Waals surface area (Å²) in [5, 5.41) is 5.04. The number of primary sulfonamides is 1. The van der Waals surface area contributed by atoms with E-state index >= 15 is 0 Å². The lowest BCUT2D eigenvalue weighted by Gasteiger charge is -2.15. The van der Waals surface area contributed by atoms with Gasteiger partial charge >= 0.3 is 0 Å². The Labute approximate surface area is 96.0 Å². The molecule has 6 heteroatoms. The van der Waals surface area contributed by atoms with Gasteiger partial charge in [0.25, 0.3) is 0 Å². The van der Waals surface area contributed by atoms with Crippen molar-refractivity contribution in [2.45, 2.75) is 19.8 Å². The van der Waals surface area contributed by atoms with Gasteiger partial charge < -0.3 is 4.90 Å². The second-order valence-corrected chi connectivity index (χ2v) is 6.74. The third-order valence-electron chi connectivity index (χ3n) is 3.45. The van der Waals surface area contributed by atoms with Gasteiger partial charge in [0.1, 0.15) is 0 Å². The van der Waals surface area contributed by atoms with E-state index in [1.54, 1.807) is 4.90 Å². The molecule has 0 aromatic rings. The third kappa shape index (κ3) is 2.74. The zero-order chi connectivity index (χ0) is 11.9. The van der Waals surface area contributed by atoms with Gasteiger partial charge in [-0.1, -0.05) is 6.92 Å². The molecule has 1 aliphatic heterocycles. The summed E-state index contributed by atoms with van der Waals surface area (Å²) in [5.74, 6) is 0.616. The van der Waals surface area contributed by atoms with Crippen LogP contribution in [-0.2, 0) is 14.8 Å². The zero-order valence-corrected chi connectivity index (χ0v) is 10.2. The molecule has 0 radical (unpaired) electrons. The summed E-state index contributed by atoms with van der Waals surface area (Å²) in [7, 11) is -3.43. The van der Waals surface area contributed by atoms with Crippen LogP contribution in [0.2, 0.25) is 0 Å². The maximum Gasteiger partial charge on any atom is 0.225 e. The number of hydrogen-bond acceptors (Lipinski definition) is 3. The van der Waals surface area contributed by atoms with Crippen molar-refractivity contribution >= 4 is 15.9 Å². The fourth-order valence-electron chi connectivity index (χ4n) is 2.32. The fraction of sp³-hybridized carbons (Fsp3) is 0.900. The maximum absolute atomic E-state index is 11.8. The summed E-state index contributed by atoms with van der Waals surface area (Å²) < 4.78 is 22.1. The molecule has 2 rings (SSSR count). The predicted octanol–water partition coefficient (Wildman–Crippen LogP) is -0.221. The van der Waals surface area contributed by atoms with Crippen LogP contribution in [0.3, 0.4) is 0 Å². The summed E-state index contributed by atoms with van der Waals surface area (Å²) in [6, 6.07) is 0. The molecule has 0 aromatic heterocycles. The number of carbonyl (C=O) groups excluding carboxylic acids is 1. The highest BCUT2D eigenvalue weighted by Crippen LogP contribution is 2.34. The molecule has 2 atom stereocenters. The van der Waals surface area contributed by atoms with Gasteiger partial charge in [-0.15, -0.1) is 0 Å². The normalized spacial score (nSPS) is 30.8. The van der Waals surface area contributed by atoms with E-state index in [9.17, 15) is 13.2 Å². The van der Waals surface area contributed by atoms with E-state index in [0.29, 0.717) is 13.1 Å². The second-order valence-electron chi connectivity index (χ2n) is 5.08. The van der Waals surface area contributed by atoms with Gasteiger partial charge in [-0.2, -0.15) is 0 Å². The van der Waals surface area contributed by atoms with Crippen molar-refractivity contribution < 1.29 is 13.2 Å². The summed E-state index contributed by atoms with van der Waals surface area (Å²) in [6.07, 6.45) is 1.98. The Balaban J connectivity index is 1.95. The molecular formula is C10H18N2O3S. The molecule has 5 nitrogen and oxygen atoms in total. The molecule has 0 spiro atoms. The molecule has 92 valence electrons. The van der Waals surface area contributed by atoms with Crippen molar-refractivity contribution in [3.8, 4) is 0 Å². The number of sulfonamides is 1. The Morgan fingerprint density at radius 1 is 1.38 bits per heavy atom. The largest absolute Gasteiger partial charge is 0.342 e. The SMILES string of the molecule is CC1CN(C(=O)C2CC2)CC1CS(N)(=O)=O. The van der Waals surface area contributed by atoms with E-state index in [1.807, 2.05) is 6.92 Å². The molecule has 0 aromatic carbocycles. The monoisotopic (exact) mass is 246 g/mol. The predicted molar refractivity (Wildman–Crippen MR) is 59.9 cm³/mol. The molecule has 0 bridgehead atoms. The first kappa shape index (κ1) is 11.9. The van der Waals surface area contributed by atoms with Gasteiger partial charge in [0.2, 0.25) is 15.9 Å². The molecule has 1 amide bonds. The zero-order valence-electron chi connectivity index (χ0n) is 9.43. The maximum atomic E-state index is 11.8. The number of nitrogens with two attached hydrogens (primary N) is 1. The standard InChI is InChI=1S/C10H18N2O3S/c1-7-4-12(10(13)8-2-3-8)5-9(7)6-16(11,14)15/h7-9H,2-6H2,1H3,(H2,11,14,15). The number of hydrogen-bond donors (Lipinski definition) is 1. The highest BCUT2D eigenvalue weighted by atomic mass is 32.2. The lowest BCUT2D eigenvalue weighted by molar-refractivity contribution is -0.131. The minimum absolute atomic E-state index is 0.00213. The topological polar surface area (TPSA) is 80.5 Å². The van der Waals surface area contributed by atoms with Crippen LogP contribution in [0.25, 0.3) is 0 Å². The van der Waals surface area contributed by atoms with E-state index in [1.165, 1.54) is 0 Å². The van der Waals surface area contributed by atoms with Crippen molar-refractivity contribution in [3.05, 3.63) is 0 Å². The van der Waals surface area contributed by atoms with Gasteiger partial charge in [-0.05, 0) is 24.7 Å². The molecule has 1 saturated heterocycles. The highest BCUT2D eigenvalue weighted by Gasteiger charge is 2.40. The Bertz CT molecular complexity index is 389. The molecule has 1 aliphatic carbocycles. The van der Waals surface area contributed by atoms with Gasteiger partial charge in [-0.25, -0.2) is 13.6 Å². The van der Waals surface area contributed by atoms with Crippen LogP contribution in [0.1, 0.15) is 19.8 Å². The lowest BCUT2D eigenvalue weighted by atomic mass is 10.0. The van der Waals surface area contributed by atoms with Crippen molar-refractivity contribution in [3.63, 3.8) is 0 Å². The number of carbonyl (C=O) groups is 1. The van der Waals surface area contributed by atoms with Crippen LogP contribution in [0, 0.1) is 17.8 Å². The van der Waals surface area contributed by atoms with Gasteiger partial charge in [-0.3, -0.25) is 4.79 Å². The first-order chi connectivity index (χ1) is 7.37. The van der Waals surface area contributed by atoms with E-state index in [4.69, 9.17) is 5.14 Å². The summed E-state index contributed by atoms with van der Waals surface area (Å²) in [5.41, 5.74) is 0. The Morgan fingerprint density at radius 2 is 2.00 bits per heavy atom. The fourth-order valence-corrected chi connectivity index (χ4v) is 3.35. The summed E-state index contributed by atoms with van der Waals surface area (Å²) >= 11 is 0. The van der Waals surface area contributed by atoms with Crippen LogP contribution in [0.4, 0.5) is 0 Å². The summed E-state index contributed by atoms with van der Waals surface area (Å²) in [6.45, 7) is 3.21. The number of likely N-dealkylation sites (tertiary alicyclic amines) is 1. The first-order valence-electron chi connectivity index (χ1n) is 5.66. The van der Waals surface area contributed by atoms with Gasteiger partial charge in [0, 0.05) is 19.0 Å². The average molecular weight is 246 g/mol. The average Bonchev–Trinajstić information content (AvgIpc) is 2.91. The highest BCUT2D eigenvalue weighted by molar-refractivity contribution is 7.89. The van der Waals surface area contributed by atoms with Crippen LogP contribution in [-0.4, -0.2) is 38.1 Å². The molecule has 1 heterocycles. The Kier molecular flexibility index (Phi) is 2.96. The molecule has 16 heavy (non-hydrogen) atoms. The van der Waals surface area contributed by atoms with E-state index in [-0.39, 0.29) is 29.4 Å². The smallest absolute Gasteiger partial charge is 0.225 e. The van der Waals surface area contributed by atoms with E-state index < -0.39 is 10.0 Å². The Morgan fingerprint density at radius 3 is 2.50 bits per heavy atom. The minimum Gasteiger partial charge on any atom is -0.342 e. The minimum atomic E-state index is -3.43. The van der Waals surface area contributed by atoms with E-state index in [0.717, 1.165) is 12.8 Å². The van der Waals surface area contributed by atoms with Crippen molar-refractivity contribution in [2.75, 3.05) is 18.8 Å². The van der Waals surface area contributed by atoms with Gasteiger partial charge in [0.05, 0.1) is 5.75 Å². The van der Waals surface area contributed by atoms with Crippen LogP contribution < -0.4 is 5.14 Å². The second kappa shape index (κ2) is 4.00. The van der Waals surface area contributed by atoms with Crippen LogP contribution >= 0.6 is 0 Å². The number of amides is 1. The molecule has 2 aliphatic rings. The van der Waals surface area contributed by atoms with Crippen LogP contribution in [0.15, 0.2) is 0 Å². The first-order valence-corrected chi connectivity index (χ1v) is 7.37. The Hall–Kier alpha value is -0.620. The molecule has 2 unspecified atom stereocenters. The van der Waals surface area contributed by atoms with E-state index in [2.05, 4.69) is 0 Å². The summed E-state index contributed by atoms with van der Waals surface area (Å²) in [4.78, 5) is 13.6. The molecule has 2 fully saturated rings.